The zero-order valence-corrected chi connectivity index (χ0v) is 10.7. The lowest BCUT2D eigenvalue weighted by molar-refractivity contribution is 1.18. The molecule has 0 aromatic carbocycles. The monoisotopic (exact) mass is 227 g/mol. The van der Waals surface area contributed by atoms with E-state index in [-0.39, 0.29) is 0 Å². The third-order valence-corrected chi connectivity index (χ3v) is 1.81. The van der Waals surface area contributed by atoms with Crippen LogP contribution < -0.4 is 0 Å². The van der Waals surface area contributed by atoms with E-state index in [9.17, 15) is 0 Å². The molecule has 0 unspecified atom stereocenters. The van der Waals surface area contributed by atoms with Gasteiger partial charge in [-0.1, -0.05) is 39.3 Å². The quantitative estimate of drug-likeness (QED) is 0.692. The third-order valence-electron chi connectivity index (χ3n) is 1.51. The lowest BCUT2D eigenvalue weighted by Gasteiger charge is -1.88. The first-order valence-corrected chi connectivity index (χ1v) is 5.61. The Labute approximate surface area is 95.9 Å². The summed E-state index contributed by atoms with van der Waals surface area (Å²) in [4.78, 5) is 10.9. The highest BCUT2D eigenvalue weighted by molar-refractivity contribution is 6.33. The van der Waals surface area contributed by atoms with E-state index in [1.54, 1.807) is 0 Å². The molecule has 4 heteroatoms. The number of aromatic amines is 1. The number of hydrogen-bond acceptors (Lipinski definition) is 2. The van der Waals surface area contributed by atoms with Crippen LogP contribution in [0.25, 0.3) is 11.0 Å². The fourth-order valence-corrected chi connectivity index (χ4v) is 1.23. The molecule has 3 nitrogen and oxygen atoms in total. The van der Waals surface area contributed by atoms with Crippen molar-refractivity contribution in [1.29, 1.82) is 0 Å². The average Bonchev–Trinajstić information content (AvgIpc) is 2.66. The maximum absolute atomic E-state index is 5.80. The van der Waals surface area contributed by atoms with Gasteiger partial charge in [-0.3, -0.25) is 0 Å². The van der Waals surface area contributed by atoms with Crippen molar-refractivity contribution in [3.05, 3.63) is 23.2 Å². The van der Waals surface area contributed by atoms with E-state index in [2.05, 4.69) is 15.0 Å². The second-order valence-electron chi connectivity index (χ2n) is 2.38. The molecular weight excluding hydrogens is 210 g/mol. The molecule has 2 aromatic heterocycles. The fraction of sp³-hybridized carbons (Fsp3) is 0.455. The van der Waals surface area contributed by atoms with Crippen molar-refractivity contribution in [3.8, 4) is 0 Å². The Balaban J connectivity index is 0.000000442. The number of nitrogens with one attached hydrogen (secondary N) is 1. The van der Waals surface area contributed by atoms with E-state index in [0.717, 1.165) is 16.7 Å². The maximum atomic E-state index is 5.80. The summed E-state index contributed by atoms with van der Waals surface area (Å²) < 4.78 is 0. The number of fused-ring (bicyclic) bond motifs is 1. The molecule has 0 spiro atoms. The van der Waals surface area contributed by atoms with Crippen LogP contribution in [0.1, 0.15) is 33.4 Å². The molecule has 0 saturated carbocycles. The summed E-state index contributed by atoms with van der Waals surface area (Å²) in [5.41, 5.74) is 1.84. The van der Waals surface area contributed by atoms with Gasteiger partial charge in [0, 0.05) is 5.69 Å². The molecule has 0 atom stereocenters. The van der Waals surface area contributed by atoms with Crippen molar-refractivity contribution in [3.63, 3.8) is 0 Å². The molecule has 2 heterocycles. The van der Waals surface area contributed by atoms with Crippen molar-refractivity contribution >= 4 is 22.6 Å². The molecule has 0 bridgehead atoms. The first-order valence-electron chi connectivity index (χ1n) is 5.23. The molecule has 0 radical (unpaired) electrons. The van der Waals surface area contributed by atoms with Crippen LogP contribution in [0.5, 0.6) is 0 Å². The lowest BCUT2D eigenvalue weighted by Crippen LogP contribution is -1.79. The van der Waals surface area contributed by atoms with Gasteiger partial charge in [-0.15, -0.1) is 0 Å². The summed E-state index contributed by atoms with van der Waals surface area (Å²) in [6, 6.07) is 1.93. The fourth-order valence-electron chi connectivity index (χ4n) is 1.04. The van der Waals surface area contributed by atoms with Gasteiger partial charge >= 0.3 is 0 Å². The number of H-pyrrole nitrogens is 1. The molecule has 84 valence electrons. The SMILES string of the molecule is CC.CC.Cc1cc2c(Cl)ncnc2[nH]1. The summed E-state index contributed by atoms with van der Waals surface area (Å²) >= 11 is 5.80. The number of rotatable bonds is 0. The normalized spacial score (nSPS) is 8.67. The van der Waals surface area contributed by atoms with E-state index >= 15 is 0 Å². The Morgan fingerprint density at radius 2 is 1.73 bits per heavy atom. The Morgan fingerprint density at radius 1 is 1.13 bits per heavy atom. The van der Waals surface area contributed by atoms with E-state index in [1.807, 2.05) is 40.7 Å². The molecule has 2 rings (SSSR count). The molecular formula is C11H18ClN3. The van der Waals surface area contributed by atoms with Gasteiger partial charge in [-0.05, 0) is 13.0 Å². The smallest absolute Gasteiger partial charge is 0.142 e. The van der Waals surface area contributed by atoms with Crippen LogP contribution in [0.3, 0.4) is 0 Å². The molecule has 0 aliphatic carbocycles. The minimum Gasteiger partial charge on any atom is -0.343 e. The molecule has 0 aliphatic rings. The van der Waals surface area contributed by atoms with Crippen molar-refractivity contribution in [1.82, 2.24) is 15.0 Å². The largest absolute Gasteiger partial charge is 0.343 e. The van der Waals surface area contributed by atoms with E-state index < -0.39 is 0 Å². The van der Waals surface area contributed by atoms with Gasteiger partial charge in [0.2, 0.25) is 0 Å². The predicted molar refractivity (Wildman–Crippen MR) is 66.3 cm³/mol. The average molecular weight is 228 g/mol. The van der Waals surface area contributed by atoms with Gasteiger partial charge in [0.25, 0.3) is 0 Å². The predicted octanol–water partition coefficient (Wildman–Crippen LogP) is 3.97. The van der Waals surface area contributed by atoms with Gasteiger partial charge in [-0.25, -0.2) is 9.97 Å². The van der Waals surface area contributed by atoms with Crippen LogP contribution in [0.2, 0.25) is 5.15 Å². The molecule has 0 fully saturated rings. The minimum atomic E-state index is 0.499. The summed E-state index contributed by atoms with van der Waals surface area (Å²) in [6.45, 7) is 9.96. The highest BCUT2D eigenvalue weighted by Gasteiger charge is 2.02. The van der Waals surface area contributed by atoms with Gasteiger partial charge in [0.05, 0.1) is 5.39 Å². The third kappa shape index (κ3) is 3.51. The molecule has 2 aromatic rings. The van der Waals surface area contributed by atoms with Crippen LogP contribution in [-0.2, 0) is 0 Å². The number of hydrogen-bond donors (Lipinski definition) is 1. The lowest BCUT2D eigenvalue weighted by atomic mass is 10.4. The second kappa shape index (κ2) is 7.23. The topological polar surface area (TPSA) is 41.6 Å². The van der Waals surface area contributed by atoms with E-state index in [1.165, 1.54) is 6.33 Å². The van der Waals surface area contributed by atoms with Crippen LogP contribution in [0.15, 0.2) is 12.4 Å². The summed E-state index contributed by atoms with van der Waals surface area (Å²) in [7, 11) is 0. The molecule has 0 aliphatic heterocycles. The van der Waals surface area contributed by atoms with Crippen LogP contribution in [-0.4, -0.2) is 15.0 Å². The van der Waals surface area contributed by atoms with Crippen molar-refractivity contribution < 1.29 is 0 Å². The minimum absolute atomic E-state index is 0.499. The van der Waals surface area contributed by atoms with Gasteiger partial charge < -0.3 is 4.98 Å². The van der Waals surface area contributed by atoms with Crippen LogP contribution in [0.4, 0.5) is 0 Å². The van der Waals surface area contributed by atoms with E-state index in [0.29, 0.717) is 5.15 Å². The van der Waals surface area contributed by atoms with E-state index in [4.69, 9.17) is 11.6 Å². The summed E-state index contributed by atoms with van der Waals surface area (Å²) in [5, 5.41) is 1.38. The molecule has 1 N–H and O–H groups in total. The number of halogens is 1. The Hall–Kier alpha value is -1.09. The first kappa shape index (κ1) is 13.9. The molecule has 0 amide bonds. The highest BCUT2D eigenvalue weighted by atomic mass is 35.5. The van der Waals surface area contributed by atoms with Gasteiger partial charge in [0.15, 0.2) is 0 Å². The second-order valence-corrected chi connectivity index (χ2v) is 2.74. The van der Waals surface area contributed by atoms with Crippen molar-refractivity contribution in [2.24, 2.45) is 0 Å². The Bertz CT molecular complexity index is 396. The zero-order valence-electron chi connectivity index (χ0n) is 9.93. The van der Waals surface area contributed by atoms with Crippen molar-refractivity contribution in [2.75, 3.05) is 0 Å². The molecule has 15 heavy (non-hydrogen) atoms. The molecule has 0 saturated heterocycles. The number of nitrogens with zero attached hydrogens (tertiary/aromatic N) is 2. The summed E-state index contributed by atoms with van der Waals surface area (Å²) in [5.74, 6) is 0. The van der Waals surface area contributed by atoms with Gasteiger partial charge in [0.1, 0.15) is 17.1 Å². The maximum Gasteiger partial charge on any atom is 0.142 e. The van der Waals surface area contributed by atoms with Crippen molar-refractivity contribution in [2.45, 2.75) is 34.6 Å². The zero-order chi connectivity index (χ0) is 11.8. The Morgan fingerprint density at radius 3 is 2.27 bits per heavy atom. The standard InChI is InChI=1S/C7H6ClN3.2C2H6/c1-4-2-5-6(8)9-3-10-7(5)11-4;2*1-2/h2-3H,1H3,(H,9,10,11);2*1-2H3. The number of aromatic nitrogens is 3. The first-order chi connectivity index (χ1) is 7.27. The highest BCUT2D eigenvalue weighted by Crippen LogP contribution is 2.18. The van der Waals surface area contributed by atoms with Crippen LogP contribution in [0, 0.1) is 6.92 Å². The number of aryl methyl sites for hydroxylation is 1. The van der Waals surface area contributed by atoms with Gasteiger partial charge in [-0.2, -0.15) is 0 Å². The summed E-state index contributed by atoms with van der Waals surface area (Å²) in [6.07, 6.45) is 1.45. The van der Waals surface area contributed by atoms with Crippen LogP contribution >= 0.6 is 11.6 Å². The Kier molecular flexibility index (Phi) is 6.71.